The summed E-state index contributed by atoms with van der Waals surface area (Å²) in [4.78, 5) is 21.7. The molecule has 0 heterocycles. The van der Waals surface area contributed by atoms with Gasteiger partial charge in [-0.15, -0.1) is 0 Å². The minimum atomic E-state index is -0.770. The van der Waals surface area contributed by atoms with Gasteiger partial charge in [-0.25, -0.2) is 0 Å². The van der Waals surface area contributed by atoms with Crippen LogP contribution in [-0.4, -0.2) is 37.7 Å². The van der Waals surface area contributed by atoms with Gasteiger partial charge in [0.05, 0.1) is 6.42 Å². The molecule has 2 atom stereocenters. The molecule has 2 unspecified atom stereocenters. The van der Waals surface area contributed by atoms with E-state index in [2.05, 4.69) is 0 Å². The lowest BCUT2D eigenvalue weighted by Crippen LogP contribution is -2.30. The van der Waals surface area contributed by atoms with Crippen molar-refractivity contribution in [2.45, 2.75) is 46.7 Å². The zero-order valence-corrected chi connectivity index (χ0v) is 10.7. The van der Waals surface area contributed by atoms with Crippen molar-refractivity contribution in [3.8, 4) is 0 Å². The van der Waals surface area contributed by atoms with Crippen molar-refractivity contribution in [2.24, 2.45) is 0 Å². The van der Waals surface area contributed by atoms with Crippen LogP contribution in [0.5, 0.6) is 0 Å². The topological polar surface area (TPSA) is 71.1 Å². The van der Waals surface area contributed by atoms with Crippen molar-refractivity contribution in [1.29, 1.82) is 0 Å². The number of carbonyl (C=O) groups excluding carboxylic acids is 2. The highest BCUT2D eigenvalue weighted by molar-refractivity contribution is 5.66. The third-order valence-electron chi connectivity index (χ3n) is 1.68. The Bertz CT molecular complexity index is 216. The molecule has 0 fully saturated rings. The van der Waals surface area contributed by atoms with E-state index in [1.54, 1.807) is 13.8 Å². The SMILES string of the molecule is CCO[13CH]([13CH2][13CH](OCC)OC(C)=O)OC(C)=O. The van der Waals surface area contributed by atoms with E-state index in [9.17, 15) is 9.59 Å². The van der Waals surface area contributed by atoms with E-state index in [4.69, 9.17) is 18.9 Å². The third-order valence-corrected chi connectivity index (χ3v) is 1.68. The number of hydrogen-bond acceptors (Lipinski definition) is 6. The molecule has 0 aliphatic heterocycles. The predicted molar refractivity (Wildman–Crippen MR) is 59.0 cm³/mol. The number of esters is 2. The van der Waals surface area contributed by atoms with Crippen LogP contribution in [0.4, 0.5) is 0 Å². The summed E-state index contributed by atoms with van der Waals surface area (Å²) in [5.41, 5.74) is 0. The zero-order chi connectivity index (χ0) is 13.3. The summed E-state index contributed by atoms with van der Waals surface area (Å²) in [5.74, 6) is -0.914. The highest BCUT2D eigenvalue weighted by Gasteiger charge is 2.21. The second kappa shape index (κ2) is 8.95. The van der Waals surface area contributed by atoms with Gasteiger partial charge in [-0.2, -0.15) is 0 Å². The standard InChI is InChI=1S/C11H20O6/c1-5-14-10(16-8(3)12)7-11(15-6-2)17-9(4)13/h10-11H,5-7H2,1-4H3/i7+1,10+1,11+1. The first-order valence-corrected chi connectivity index (χ1v) is 5.57. The molecule has 0 spiro atoms. The maximum Gasteiger partial charge on any atom is 0.304 e. The average molecular weight is 251 g/mol. The summed E-state index contributed by atoms with van der Waals surface area (Å²) in [6.07, 6.45) is -1.39. The van der Waals surface area contributed by atoms with Crippen LogP contribution < -0.4 is 0 Å². The normalized spacial score (nSPS) is 13.9. The molecule has 0 aliphatic carbocycles. The number of rotatable bonds is 8. The van der Waals surface area contributed by atoms with Gasteiger partial charge in [0.2, 0.25) is 12.6 Å². The summed E-state index contributed by atoms with van der Waals surface area (Å²) in [7, 11) is 0. The molecule has 6 heteroatoms. The Hall–Kier alpha value is -1.14. The lowest BCUT2D eigenvalue weighted by atomic mass is 10.8. The van der Waals surface area contributed by atoms with Gasteiger partial charge in [0.15, 0.2) is 0 Å². The quantitative estimate of drug-likeness (QED) is 0.367. The van der Waals surface area contributed by atoms with Crippen LogP contribution in [0.25, 0.3) is 0 Å². The van der Waals surface area contributed by atoms with Gasteiger partial charge < -0.3 is 18.9 Å². The van der Waals surface area contributed by atoms with Gasteiger partial charge in [0.1, 0.15) is 0 Å². The molecule has 0 saturated carbocycles. The maximum atomic E-state index is 10.8. The van der Waals surface area contributed by atoms with Gasteiger partial charge in [-0.05, 0) is 13.8 Å². The first-order chi connectivity index (χ1) is 7.99. The smallest absolute Gasteiger partial charge is 0.304 e. The van der Waals surface area contributed by atoms with Gasteiger partial charge in [0, 0.05) is 27.1 Å². The Balaban J connectivity index is 4.31. The monoisotopic (exact) mass is 251 g/mol. The van der Waals surface area contributed by atoms with Gasteiger partial charge >= 0.3 is 11.9 Å². The van der Waals surface area contributed by atoms with Crippen LogP contribution in [0.15, 0.2) is 0 Å². The first kappa shape index (κ1) is 15.9. The lowest BCUT2D eigenvalue weighted by molar-refractivity contribution is -0.211. The minimum Gasteiger partial charge on any atom is -0.436 e. The minimum absolute atomic E-state index is 0.154. The van der Waals surface area contributed by atoms with Crippen molar-refractivity contribution in [3.63, 3.8) is 0 Å². The van der Waals surface area contributed by atoms with E-state index >= 15 is 0 Å². The second-order valence-corrected chi connectivity index (χ2v) is 3.22. The Morgan fingerprint density at radius 2 is 1.24 bits per heavy atom. The molecule has 0 aliphatic rings. The molecular weight excluding hydrogens is 231 g/mol. The summed E-state index contributed by atoms with van der Waals surface area (Å²) >= 11 is 0. The fraction of sp³-hybridized carbons (Fsp3) is 0.818. The van der Waals surface area contributed by atoms with Gasteiger partial charge in [-0.1, -0.05) is 0 Å². The Morgan fingerprint density at radius 3 is 1.47 bits per heavy atom. The second-order valence-electron chi connectivity index (χ2n) is 3.22. The van der Waals surface area contributed by atoms with Crippen molar-refractivity contribution in [2.75, 3.05) is 13.2 Å². The summed E-state index contributed by atoms with van der Waals surface area (Å²) in [6, 6.07) is 0. The molecule has 0 saturated heterocycles. The first-order valence-electron chi connectivity index (χ1n) is 5.57. The van der Waals surface area contributed by atoms with Crippen LogP contribution in [0.3, 0.4) is 0 Å². The van der Waals surface area contributed by atoms with Crippen molar-refractivity contribution >= 4 is 11.9 Å². The van der Waals surface area contributed by atoms with E-state index in [-0.39, 0.29) is 6.42 Å². The fourth-order valence-corrected chi connectivity index (χ4v) is 1.20. The summed E-state index contributed by atoms with van der Waals surface area (Å²) in [5, 5.41) is 0. The molecule has 100 valence electrons. The number of ether oxygens (including phenoxy) is 4. The van der Waals surface area contributed by atoms with Crippen molar-refractivity contribution < 1.29 is 28.5 Å². The van der Waals surface area contributed by atoms with Crippen molar-refractivity contribution in [1.82, 2.24) is 0 Å². The lowest BCUT2D eigenvalue weighted by Gasteiger charge is -2.22. The molecule has 0 aromatic carbocycles. The van der Waals surface area contributed by atoms with E-state index in [1.165, 1.54) is 13.8 Å². The highest BCUT2D eigenvalue weighted by Crippen LogP contribution is 2.10. The van der Waals surface area contributed by atoms with Gasteiger partial charge in [-0.3, -0.25) is 9.59 Å². The zero-order valence-electron chi connectivity index (χ0n) is 10.7. The maximum absolute atomic E-state index is 10.8. The number of carbonyl (C=O) groups is 2. The van der Waals surface area contributed by atoms with Crippen LogP contribution >= 0.6 is 0 Å². The summed E-state index contributed by atoms with van der Waals surface area (Å²) < 4.78 is 20.2. The number of hydrogen-bond donors (Lipinski definition) is 0. The molecular formula is C11H20O6. The molecule has 0 rings (SSSR count). The van der Waals surface area contributed by atoms with Crippen molar-refractivity contribution in [3.05, 3.63) is 0 Å². The highest BCUT2D eigenvalue weighted by atomic mass is 16.8. The molecule has 0 N–H and O–H groups in total. The van der Waals surface area contributed by atoms with Crippen LogP contribution in [-0.2, 0) is 28.5 Å². The van der Waals surface area contributed by atoms with E-state index in [0.717, 1.165) is 0 Å². The molecule has 0 aromatic rings. The average Bonchev–Trinajstić information content (AvgIpc) is 2.16. The Kier molecular flexibility index (Phi) is 8.35. The molecule has 6 nitrogen and oxygen atoms in total. The van der Waals surface area contributed by atoms with E-state index in [0.29, 0.717) is 13.2 Å². The molecule has 0 amide bonds. The van der Waals surface area contributed by atoms with Crippen LogP contribution in [0, 0.1) is 0 Å². The molecule has 0 aromatic heterocycles. The third kappa shape index (κ3) is 8.65. The largest absolute Gasteiger partial charge is 0.436 e. The summed E-state index contributed by atoms with van der Waals surface area (Å²) in [6.45, 7) is 6.89. The van der Waals surface area contributed by atoms with Gasteiger partial charge in [0.25, 0.3) is 0 Å². The van der Waals surface area contributed by atoms with E-state index < -0.39 is 24.5 Å². The van der Waals surface area contributed by atoms with E-state index in [1.807, 2.05) is 0 Å². The Morgan fingerprint density at radius 1 is 0.882 bits per heavy atom. The van der Waals surface area contributed by atoms with Crippen LogP contribution in [0.1, 0.15) is 34.1 Å². The van der Waals surface area contributed by atoms with Crippen LogP contribution in [0.2, 0.25) is 0 Å². The molecule has 0 radical (unpaired) electrons. The fourth-order valence-electron chi connectivity index (χ4n) is 1.20. The molecule has 17 heavy (non-hydrogen) atoms. The molecule has 0 bridgehead atoms. The Labute approximate surface area is 101 Å². The predicted octanol–water partition coefficient (Wildman–Crippen LogP) is 1.23.